The number of aryl methyl sites for hydroxylation is 3. The third-order valence-corrected chi connectivity index (χ3v) is 4.11. The average molecular weight is 302 g/mol. The van der Waals surface area contributed by atoms with Gasteiger partial charge < -0.3 is 0 Å². The molecule has 0 saturated carbocycles. The largest absolute Gasteiger partial charge is 0.290 e. The second-order valence-corrected chi connectivity index (χ2v) is 5.98. The van der Waals surface area contributed by atoms with Crippen LogP contribution in [0.3, 0.4) is 0 Å². The molecule has 0 bridgehead atoms. The molecule has 0 saturated heterocycles. The fraction of sp³-hybridized carbons (Fsp3) is 0.143. The Labute approximate surface area is 136 Å². The van der Waals surface area contributed by atoms with Gasteiger partial charge in [-0.25, -0.2) is 0 Å². The smallest absolute Gasteiger partial charge is 0.186 e. The first-order chi connectivity index (χ1) is 11.0. The van der Waals surface area contributed by atoms with E-state index in [1.165, 1.54) is 34.9 Å². The van der Waals surface area contributed by atoms with Gasteiger partial charge in [-0.15, -0.1) is 0 Å². The van der Waals surface area contributed by atoms with E-state index in [0.29, 0.717) is 5.57 Å². The normalized spacial score (nSPS) is 14.1. The minimum Gasteiger partial charge on any atom is -0.290 e. The van der Waals surface area contributed by atoms with Gasteiger partial charge in [0.2, 0.25) is 0 Å². The Bertz CT molecular complexity index is 859. The number of ketones is 2. The summed E-state index contributed by atoms with van der Waals surface area (Å²) in [6.45, 7) is 6.23. The van der Waals surface area contributed by atoms with Gasteiger partial charge in [0, 0.05) is 5.57 Å². The summed E-state index contributed by atoms with van der Waals surface area (Å²) in [4.78, 5) is 23.9. The molecule has 1 aliphatic rings. The number of carbonyl (C=O) groups is 2. The van der Waals surface area contributed by atoms with E-state index in [0.717, 1.165) is 16.7 Å². The molecule has 0 amide bonds. The maximum atomic E-state index is 12.2. The minimum atomic E-state index is -0.147. The van der Waals surface area contributed by atoms with Crippen molar-refractivity contribution in [1.29, 1.82) is 0 Å². The van der Waals surface area contributed by atoms with Gasteiger partial charge in [-0.1, -0.05) is 42.0 Å². The molecule has 0 radical (unpaired) electrons. The van der Waals surface area contributed by atoms with E-state index < -0.39 is 0 Å². The Morgan fingerprint density at radius 2 is 1.39 bits per heavy atom. The van der Waals surface area contributed by atoms with Crippen LogP contribution < -0.4 is 0 Å². The van der Waals surface area contributed by atoms with E-state index in [4.69, 9.17) is 0 Å². The number of benzene rings is 2. The summed E-state index contributed by atoms with van der Waals surface area (Å²) in [6, 6.07) is 12.1. The fourth-order valence-electron chi connectivity index (χ4n) is 3.26. The summed E-state index contributed by atoms with van der Waals surface area (Å²) in [7, 11) is 0. The average Bonchev–Trinajstić information content (AvgIpc) is 2.49. The van der Waals surface area contributed by atoms with Crippen molar-refractivity contribution in [2.45, 2.75) is 20.8 Å². The highest BCUT2D eigenvalue weighted by atomic mass is 16.1. The Balaban J connectivity index is 2.25. The second-order valence-electron chi connectivity index (χ2n) is 5.98. The summed E-state index contributed by atoms with van der Waals surface area (Å²) in [6.07, 6.45) is 4.10. The lowest BCUT2D eigenvalue weighted by atomic mass is 9.86. The van der Waals surface area contributed by atoms with E-state index >= 15 is 0 Å². The molecule has 0 unspecified atom stereocenters. The van der Waals surface area contributed by atoms with Crippen LogP contribution in [-0.4, -0.2) is 11.6 Å². The van der Waals surface area contributed by atoms with Crippen LogP contribution in [0, 0.1) is 20.8 Å². The topological polar surface area (TPSA) is 34.1 Å². The van der Waals surface area contributed by atoms with Gasteiger partial charge >= 0.3 is 0 Å². The summed E-state index contributed by atoms with van der Waals surface area (Å²) in [5, 5.41) is 0. The zero-order chi connectivity index (χ0) is 16.6. The molecule has 114 valence electrons. The van der Waals surface area contributed by atoms with E-state index in [-0.39, 0.29) is 11.6 Å². The lowest BCUT2D eigenvalue weighted by Gasteiger charge is -2.17. The summed E-state index contributed by atoms with van der Waals surface area (Å²) < 4.78 is 0. The molecule has 0 atom stereocenters. The highest BCUT2D eigenvalue weighted by Gasteiger charge is 2.19. The van der Waals surface area contributed by atoms with Crippen LogP contribution >= 0.6 is 0 Å². The molecule has 2 aromatic rings. The third-order valence-electron chi connectivity index (χ3n) is 4.11. The molecule has 0 aromatic heterocycles. The zero-order valence-corrected chi connectivity index (χ0v) is 13.5. The van der Waals surface area contributed by atoms with Gasteiger partial charge in [0.25, 0.3) is 0 Å². The van der Waals surface area contributed by atoms with Crippen molar-refractivity contribution in [1.82, 2.24) is 0 Å². The zero-order valence-electron chi connectivity index (χ0n) is 13.5. The predicted octanol–water partition coefficient (Wildman–Crippen LogP) is 4.37. The molecule has 2 heteroatoms. The lowest BCUT2D eigenvalue weighted by Crippen LogP contribution is -2.08. The molecule has 0 heterocycles. The van der Waals surface area contributed by atoms with E-state index in [1.54, 1.807) is 0 Å². The summed E-state index contributed by atoms with van der Waals surface area (Å²) in [5.41, 5.74) is 6.94. The van der Waals surface area contributed by atoms with Crippen molar-refractivity contribution in [3.8, 4) is 11.1 Å². The van der Waals surface area contributed by atoms with Crippen LogP contribution in [0.4, 0.5) is 0 Å². The van der Waals surface area contributed by atoms with Crippen molar-refractivity contribution in [2.75, 3.05) is 0 Å². The second kappa shape index (κ2) is 5.81. The molecule has 0 fully saturated rings. The fourth-order valence-corrected chi connectivity index (χ4v) is 3.26. The number of carbonyl (C=O) groups excluding carboxylic acids is 2. The van der Waals surface area contributed by atoms with Crippen molar-refractivity contribution >= 4 is 17.1 Å². The maximum absolute atomic E-state index is 12.2. The monoisotopic (exact) mass is 302 g/mol. The molecular formula is C21H18O2. The molecule has 0 spiro atoms. The standard InChI is InChI=1S/C21H18O2/c1-13-10-14(2)21(15(3)11-13)18-7-5-4-6-17(18)19-12-16(22)8-9-20(19)23/h4-12H,1-3H3. The van der Waals surface area contributed by atoms with Crippen molar-refractivity contribution in [3.05, 3.63) is 76.9 Å². The lowest BCUT2D eigenvalue weighted by molar-refractivity contribution is -0.113. The number of hydrogen-bond donors (Lipinski definition) is 0. The Kier molecular flexibility index (Phi) is 3.83. The van der Waals surface area contributed by atoms with Crippen LogP contribution in [0.5, 0.6) is 0 Å². The van der Waals surface area contributed by atoms with E-state index in [1.807, 2.05) is 24.3 Å². The van der Waals surface area contributed by atoms with Crippen molar-refractivity contribution in [2.24, 2.45) is 0 Å². The molecule has 0 N–H and O–H groups in total. The van der Waals surface area contributed by atoms with Gasteiger partial charge in [0.1, 0.15) is 0 Å². The van der Waals surface area contributed by atoms with Crippen LogP contribution in [0.2, 0.25) is 0 Å². The molecule has 0 aliphatic heterocycles. The van der Waals surface area contributed by atoms with Gasteiger partial charge in [0.15, 0.2) is 11.6 Å². The molecule has 23 heavy (non-hydrogen) atoms. The molecular weight excluding hydrogens is 284 g/mol. The first-order valence-electron chi connectivity index (χ1n) is 7.63. The van der Waals surface area contributed by atoms with Crippen molar-refractivity contribution < 1.29 is 9.59 Å². The van der Waals surface area contributed by atoms with Crippen LogP contribution in [0.25, 0.3) is 16.7 Å². The predicted molar refractivity (Wildman–Crippen MR) is 93.2 cm³/mol. The number of allylic oxidation sites excluding steroid dienone is 4. The van der Waals surface area contributed by atoms with Crippen LogP contribution in [0.15, 0.2) is 54.6 Å². The maximum Gasteiger partial charge on any atom is 0.186 e. The first kappa shape index (κ1) is 15.2. The Hall–Kier alpha value is -2.74. The van der Waals surface area contributed by atoms with Crippen LogP contribution in [-0.2, 0) is 9.59 Å². The van der Waals surface area contributed by atoms with E-state index in [2.05, 4.69) is 32.9 Å². The summed E-state index contributed by atoms with van der Waals surface area (Å²) >= 11 is 0. The van der Waals surface area contributed by atoms with Gasteiger partial charge in [0.05, 0.1) is 0 Å². The highest BCUT2D eigenvalue weighted by molar-refractivity contribution is 6.34. The number of rotatable bonds is 2. The van der Waals surface area contributed by atoms with Gasteiger partial charge in [-0.3, -0.25) is 9.59 Å². The third kappa shape index (κ3) is 2.80. The molecule has 3 rings (SSSR count). The number of hydrogen-bond acceptors (Lipinski definition) is 2. The van der Waals surface area contributed by atoms with Gasteiger partial charge in [-0.2, -0.15) is 0 Å². The highest BCUT2D eigenvalue weighted by Crippen LogP contribution is 2.35. The minimum absolute atomic E-state index is 0.125. The Morgan fingerprint density at radius 3 is 2.04 bits per heavy atom. The summed E-state index contributed by atoms with van der Waals surface area (Å²) in [5.74, 6) is -0.272. The molecule has 1 aliphatic carbocycles. The van der Waals surface area contributed by atoms with E-state index in [9.17, 15) is 9.59 Å². The molecule has 2 nitrogen and oxygen atoms in total. The van der Waals surface area contributed by atoms with Crippen LogP contribution in [0.1, 0.15) is 22.3 Å². The molecule has 2 aromatic carbocycles. The quantitative estimate of drug-likeness (QED) is 0.772. The Morgan fingerprint density at radius 1 is 0.783 bits per heavy atom. The SMILES string of the molecule is Cc1cc(C)c(-c2ccccc2C2=CC(=O)C=CC2=O)c(C)c1. The van der Waals surface area contributed by atoms with Gasteiger partial charge in [-0.05, 0) is 66.8 Å². The van der Waals surface area contributed by atoms with Crippen molar-refractivity contribution in [3.63, 3.8) is 0 Å². The first-order valence-corrected chi connectivity index (χ1v) is 7.63.